The van der Waals surface area contributed by atoms with Gasteiger partial charge in [0.1, 0.15) is 17.5 Å². The molecule has 20 heavy (non-hydrogen) atoms. The van der Waals surface area contributed by atoms with Crippen LogP contribution in [0.4, 0.5) is 23.2 Å². The highest BCUT2D eigenvalue weighted by Gasteiger charge is 2.09. The lowest BCUT2D eigenvalue weighted by molar-refractivity contribution is 0.582. The Balaban J connectivity index is 2.22. The van der Waals surface area contributed by atoms with Crippen LogP contribution in [0.1, 0.15) is 5.56 Å². The van der Waals surface area contributed by atoms with Crippen LogP contribution in [0, 0.1) is 23.3 Å². The minimum atomic E-state index is -0.903. The minimum Gasteiger partial charge on any atom is -0.274 e. The summed E-state index contributed by atoms with van der Waals surface area (Å²) in [5.74, 6) is -3.28. The van der Waals surface area contributed by atoms with E-state index in [9.17, 15) is 17.6 Å². The average molecular weight is 303 g/mol. The first-order valence-electron chi connectivity index (χ1n) is 5.37. The summed E-state index contributed by atoms with van der Waals surface area (Å²) >= 11 is 5.73. The summed E-state index contributed by atoms with van der Waals surface area (Å²) in [6.45, 7) is 0. The molecule has 0 aliphatic carbocycles. The molecule has 2 aromatic rings. The predicted molar refractivity (Wildman–Crippen MR) is 68.7 cm³/mol. The highest BCUT2D eigenvalue weighted by atomic mass is 35.5. The summed E-state index contributed by atoms with van der Waals surface area (Å²) in [7, 11) is 0. The van der Waals surface area contributed by atoms with E-state index in [4.69, 9.17) is 11.6 Å². The Labute approximate surface area is 116 Å². The highest BCUT2D eigenvalue weighted by molar-refractivity contribution is 6.69. The zero-order valence-electron chi connectivity index (χ0n) is 9.80. The SMILES string of the molecule is Fc1ccc(NN=C(Cl)c2ccc(F)cc2F)c(F)c1. The molecule has 104 valence electrons. The van der Waals surface area contributed by atoms with E-state index in [1.165, 1.54) is 0 Å². The van der Waals surface area contributed by atoms with Gasteiger partial charge < -0.3 is 0 Å². The molecule has 0 saturated heterocycles. The summed E-state index contributed by atoms with van der Waals surface area (Å²) in [6.07, 6.45) is 0. The van der Waals surface area contributed by atoms with Gasteiger partial charge in [-0.3, -0.25) is 5.43 Å². The number of hydrazone groups is 1. The zero-order chi connectivity index (χ0) is 14.7. The second-order valence-corrected chi connectivity index (χ2v) is 4.12. The quantitative estimate of drug-likeness (QED) is 0.511. The average Bonchev–Trinajstić information content (AvgIpc) is 2.37. The molecule has 0 saturated carbocycles. The number of benzene rings is 2. The van der Waals surface area contributed by atoms with E-state index in [-0.39, 0.29) is 16.4 Å². The Morgan fingerprint density at radius 1 is 0.900 bits per heavy atom. The molecule has 2 rings (SSSR count). The molecule has 0 atom stereocenters. The van der Waals surface area contributed by atoms with E-state index in [1.54, 1.807) is 0 Å². The molecule has 0 unspecified atom stereocenters. The Hall–Kier alpha value is -2.08. The van der Waals surface area contributed by atoms with Crippen LogP contribution in [-0.2, 0) is 0 Å². The molecule has 0 aliphatic rings. The van der Waals surface area contributed by atoms with Crippen LogP contribution < -0.4 is 5.43 Å². The lowest BCUT2D eigenvalue weighted by Crippen LogP contribution is -2.02. The van der Waals surface area contributed by atoms with Crippen LogP contribution in [0.5, 0.6) is 0 Å². The maximum absolute atomic E-state index is 13.4. The molecule has 1 N–H and O–H groups in total. The second kappa shape index (κ2) is 5.92. The molecular weight excluding hydrogens is 296 g/mol. The van der Waals surface area contributed by atoms with Crippen LogP contribution in [0.3, 0.4) is 0 Å². The van der Waals surface area contributed by atoms with Gasteiger partial charge in [0, 0.05) is 17.7 Å². The van der Waals surface area contributed by atoms with Crippen molar-refractivity contribution < 1.29 is 17.6 Å². The fourth-order valence-electron chi connectivity index (χ4n) is 1.41. The third-order valence-electron chi connectivity index (χ3n) is 2.36. The van der Waals surface area contributed by atoms with Gasteiger partial charge in [-0.1, -0.05) is 11.6 Å². The molecule has 0 fully saturated rings. The number of anilines is 1. The van der Waals surface area contributed by atoms with Crippen molar-refractivity contribution in [1.29, 1.82) is 0 Å². The fraction of sp³-hybridized carbons (Fsp3) is 0. The molecule has 0 aliphatic heterocycles. The first kappa shape index (κ1) is 14.3. The smallest absolute Gasteiger partial charge is 0.159 e. The van der Waals surface area contributed by atoms with Gasteiger partial charge in [0.25, 0.3) is 0 Å². The maximum atomic E-state index is 13.4. The van der Waals surface area contributed by atoms with Gasteiger partial charge in [-0.15, -0.1) is 0 Å². The monoisotopic (exact) mass is 302 g/mol. The largest absolute Gasteiger partial charge is 0.274 e. The van der Waals surface area contributed by atoms with Crippen molar-refractivity contribution in [2.45, 2.75) is 0 Å². The van der Waals surface area contributed by atoms with Gasteiger partial charge >= 0.3 is 0 Å². The Kier molecular flexibility index (Phi) is 4.24. The third-order valence-corrected chi connectivity index (χ3v) is 2.65. The number of nitrogens with zero attached hydrogens (tertiary/aromatic N) is 1. The van der Waals surface area contributed by atoms with E-state index in [1.807, 2.05) is 0 Å². The lowest BCUT2D eigenvalue weighted by Gasteiger charge is -2.04. The first-order valence-corrected chi connectivity index (χ1v) is 5.75. The minimum absolute atomic E-state index is 0.132. The van der Waals surface area contributed by atoms with Crippen LogP contribution in [0.25, 0.3) is 0 Å². The number of nitrogens with one attached hydrogen (secondary N) is 1. The standard InChI is InChI=1S/C13H7ClF4N2/c14-13(9-3-1-7(15)5-10(9)17)20-19-12-4-2-8(16)6-11(12)18/h1-6,19H. The van der Waals surface area contributed by atoms with Gasteiger partial charge in [-0.25, -0.2) is 17.6 Å². The zero-order valence-corrected chi connectivity index (χ0v) is 10.6. The molecule has 0 bridgehead atoms. The Morgan fingerprint density at radius 3 is 2.10 bits per heavy atom. The van der Waals surface area contributed by atoms with Crippen molar-refractivity contribution in [2.24, 2.45) is 5.10 Å². The van der Waals surface area contributed by atoms with Gasteiger partial charge in [0.15, 0.2) is 11.0 Å². The van der Waals surface area contributed by atoms with Crippen molar-refractivity contribution in [2.75, 3.05) is 5.43 Å². The molecule has 2 aromatic carbocycles. The first-order chi connectivity index (χ1) is 9.47. The van der Waals surface area contributed by atoms with Crippen LogP contribution >= 0.6 is 11.6 Å². The summed E-state index contributed by atoms with van der Waals surface area (Å²) in [5.41, 5.74) is 1.95. The van der Waals surface area contributed by atoms with Gasteiger partial charge in [0.05, 0.1) is 5.69 Å². The van der Waals surface area contributed by atoms with E-state index in [0.717, 1.165) is 24.3 Å². The summed E-state index contributed by atoms with van der Waals surface area (Å²) in [4.78, 5) is 0. The molecule has 0 radical (unpaired) electrons. The molecule has 2 nitrogen and oxygen atoms in total. The number of halogens is 5. The van der Waals surface area contributed by atoms with Crippen molar-refractivity contribution in [3.05, 3.63) is 65.2 Å². The molecule has 7 heteroatoms. The predicted octanol–water partition coefficient (Wildman–Crippen LogP) is 4.26. The van der Waals surface area contributed by atoms with Gasteiger partial charge in [0.2, 0.25) is 0 Å². The van der Waals surface area contributed by atoms with Gasteiger partial charge in [-0.2, -0.15) is 5.10 Å². The number of hydrogen-bond acceptors (Lipinski definition) is 2. The highest BCUT2D eigenvalue weighted by Crippen LogP contribution is 2.17. The molecular formula is C13H7ClF4N2. The summed E-state index contributed by atoms with van der Waals surface area (Å²) < 4.78 is 52.1. The normalized spacial score (nSPS) is 11.6. The lowest BCUT2D eigenvalue weighted by atomic mass is 10.2. The van der Waals surface area contributed by atoms with Crippen LogP contribution in [0.15, 0.2) is 41.5 Å². The van der Waals surface area contributed by atoms with Crippen molar-refractivity contribution >= 4 is 22.5 Å². The second-order valence-electron chi connectivity index (χ2n) is 3.76. The van der Waals surface area contributed by atoms with E-state index in [0.29, 0.717) is 12.1 Å². The Bertz CT molecular complexity index is 673. The fourth-order valence-corrected chi connectivity index (χ4v) is 1.60. The van der Waals surface area contributed by atoms with E-state index >= 15 is 0 Å². The molecule has 0 spiro atoms. The number of rotatable bonds is 3. The molecule has 0 aromatic heterocycles. The van der Waals surface area contributed by atoms with E-state index in [2.05, 4.69) is 10.5 Å². The van der Waals surface area contributed by atoms with Crippen LogP contribution in [-0.4, -0.2) is 5.17 Å². The summed E-state index contributed by atoms with van der Waals surface area (Å²) in [6, 6.07) is 5.54. The van der Waals surface area contributed by atoms with E-state index < -0.39 is 23.3 Å². The van der Waals surface area contributed by atoms with Crippen molar-refractivity contribution in [1.82, 2.24) is 0 Å². The molecule has 0 heterocycles. The topological polar surface area (TPSA) is 24.4 Å². The summed E-state index contributed by atoms with van der Waals surface area (Å²) in [5, 5.41) is 3.23. The third kappa shape index (κ3) is 3.27. The maximum Gasteiger partial charge on any atom is 0.159 e. The van der Waals surface area contributed by atoms with Gasteiger partial charge in [-0.05, 0) is 24.3 Å². The molecule has 0 amide bonds. The number of hydrogen-bond donors (Lipinski definition) is 1. The van der Waals surface area contributed by atoms with Crippen LogP contribution in [0.2, 0.25) is 0 Å². The Morgan fingerprint density at radius 2 is 1.50 bits per heavy atom. The van der Waals surface area contributed by atoms with Crippen molar-refractivity contribution in [3.8, 4) is 0 Å². The van der Waals surface area contributed by atoms with Crippen molar-refractivity contribution in [3.63, 3.8) is 0 Å².